The third-order valence-electron chi connectivity index (χ3n) is 4.96. The summed E-state index contributed by atoms with van der Waals surface area (Å²) >= 11 is 1.69. The molecule has 2 aromatic carbocycles. The van der Waals surface area contributed by atoms with Crippen molar-refractivity contribution < 1.29 is 8.42 Å². The van der Waals surface area contributed by atoms with Gasteiger partial charge in [-0.3, -0.25) is 4.98 Å². The second-order valence-electron chi connectivity index (χ2n) is 7.09. The number of hydrogen-bond donors (Lipinski definition) is 0. The van der Waals surface area contributed by atoms with Gasteiger partial charge in [-0.05, 0) is 47.5 Å². The van der Waals surface area contributed by atoms with Crippen LogP contribution in [0.2, 0.25) is 0 Å². The second-order valence-corrected chi connectivity index (χ2v) is 10.5. The van der Waals surface area contributed by atoms with E-state index in [9.17, 15) is 8.42 Å². The Labute approximate surface area is 178 Å². The molecule has 0 saturated carbocycles. The summed E-state index contributed by atoms with van der Waals surface area (Å²) < 4.78 is 26.4. The zero-order valence-corrected chi connectivity index (χ0v) is 17.6. The van der Waals surface area contributed by atoms with E-state index in [1.807, 2.05) is 42.6 Å². The molecule has 0 N–H and O–H groups in total. The van der Waals surface area contributed by atoms with Crippen molar-refractivity contribution in [1.29, 1.82) is 0 Å². The van der Waals surface area contributed by atoms with Crippen molar-refractivity contribution in [2.45, 2.75) is 10.1 Å². The van der Waals surface area contributed by atoms with Crippen molar-refractivity contribution in [2.24, 2.45) is 0 Å². The molecule has 0 spiro atoms. The molecule has 2 aromatic heterocycles. The number of hydrogen-bond acceptors (Lipinski definition) is 6. The molecule has 0 amide bonds. The Kier molecular flexibility index (Phi) is 4.88. The monoisotopic (exact) mass is 434 g/mol. The van der Waals surface area contributed by atoms with Crippen LogP contribution in [0.4, 0.5) is 0 Å². The van der Waals surface area contributed by atoms with Crippen LogP contribution < -0.4 is 0 Å². The van der Waals surface area contributed by atoms with Crippen molar-refractivity contribution in [1.82, 2.24) is 20.0 Å². The first kappa shape index (κ1) is 19.0. The Morgan fingerprint density at radius 2 is 1.53 bits per heavy atom. The van der Waals surface area contributed by atoms with E-state index in [0.29, 0.717) is 4.90 Å². The molecule has 6 nitrogen and oxygen atoms in total. The minimum Gasteiger partial charge on any atom is -0.265 e. The van der Waals surface area contributed by atoms with E-state index in [1.165, 1.54) is 0 Å². The van der Waals surface area contributed by atoms with Gasteiger partial charge in [0.2, 0.25) is 0 Å². The Morgan fingerprint density at radius 3 is 2.20 bits per heavy atom. The van der Waals surface area contributed by atoms with Crippen LogP contribution in [0.3, 0.4) is 0 Å². The van der Waals surface area contributed by atoms with Crippen LogP contribution >= 0.6 is 11.8 Å². The highest BCUT2D eigenvalue weighted by Gasteiger charge is 2.29. The van der Waals surface area contributed by atoms with E-state index < -0.39 is 9.84 Å². The van der Waals surface area contributed by atoms with Crippen LogP contribution in [-0.2, 0) is 9.84 Å². The van der Waals surface area contributed by atoms with Crippen molar-refractivity contribution in [3.05, 3.63) is 79.3 Å². The van der Waals surface area contributed by atoms with Crippen molar-refractivity contribution in [3.8, 4) is 28.1 Å². The Balaban J connectivity index is 1.35. The van der Waals surface area contributed by atoms with Gasteiger partial charge in [0, 0.05) is 29.0 Å². The van der Waals surface area contributed by atoms with E-state index in [-0.39, 0.29) is 11.0 Å². The Morgan fingerprint density at radius 1 is 0.900 bits per heavy atom. The van der Waals surface area contributed by atoms with Gasteiger partial charge in [-0.15, -0.1) is 5.10 Å². The molecule has 30 heavy (non-hydrogen) atoms. The van der Waals surface area contributed by atoms with E-state index in [4.69, 9.17) is 0 Å². The molecular formula is C22H18N4O2S2. The molecule has 1 unspecified atom stereocenters. The lowest BCUT2D eigenvalue weighted by Crippen LogP contribution is -2.11. The zero-order valence-electron chi connectivity index (χ0n) is 15.9. The number of nitrogens with zero attached hydrogens (tertiary/aromatic N) is 4. The van der Waals surface area contributed by atoms with Gasteiger partial charge in [-0.2, -0.15) is 11.8 Å². The smallest absolute Gasteiger partial charge is 0.179 e. The van der Waals surface area contributed by atoms with Gasteiger partial charge < -0.3 is 0 Å². The van der Waals surface area contributed by atoms with Crippen LogP contribution in [0.15, 0.2) is 84.1 Å². The van der Waals surface area contributed by atoms with Crippen LogP contribution in [0, 0.1) is 0 Å². The third-order valence-corrected chi connectivity index (χ3v) is 7.97. The lowest BCUT2D eigenvalue weighted by atomic mass is 10.0. The molecule has 4 aromatic rings. The summed E-state index contributed by atoms with van der Waals surface area (Å²) in [6.07, 6.45) is 5.39. The summed E-state index contributed by atoms with van der Waals surface area (Å²) in [5.41, 5.74) is 4.69. The number of aromatic nitrogens is 4. The van der Waals surface area contributed by atoms with Gasteiger partial charge in [0.05, 0.1) is 22.5 Å². The number of rotatable bonds is 6. The average Bonchev–Trinajstić information content (AvgIpc) is 3.45. The maximum atomic E-state index is 12.4. The molecule has 8 heteroatoms. The summed E-state index contributed by atoms with van der Waals surface area (Å²) in [5.74, 6) is 1.14. The first-order chi connectivity index (χ1) is 14.6. The van der Waals surface area contributed by atoms with Gasteiger partial charge in [0.1, 0.15) is 5.69 Å². The van der Waals surface area contributed by atoms with E-state index in [1.54, 1.807) is 53.1 Å². The summed E-state index contributed by atoms with van der Waals surface area (Å²) in [6.45, 7) is 0. The predicted octanol–water partition coefficient (Wildman–Crippen LogP) is 3.89. The average molecular weight is 435 g/mol. The van der Waals surface area contributed by atoms with Crippen molar-refractivity contribution in [2.75, 3.05) is 11.5 Å². The van der Waals surface area contributed by atoms with Gasteiger partial charge in [-0.1, -0.05) is 29.5 Å². The molecule has 1 saturated heterocycles. The summed E-state index contributed by atoms with van der Waals surface area (Å²) in [4.78, 5) is 4.40. The molecule has 1 fully saturated rings. The molecule has 1 aliphatic rings. The van der Waals surface area contributed by atoms with Gasteiger partial charge in [0.15, 0.2) is 9.84 Å². The van der Waals surface area contributed by atoms with Gasteiger partial charge >= 0.3 is 0 Å². The number of pyridine rings is 1. The predicted molar refractivity (Wildman–Crippen MR) is 118 cm³/mol. The summed E-state index contributed by atoms with van der Waals surface area (Å²) in [6, 6.07) is 18.9. The molecular weight excluding hydrogens is 416 g/mol. The molecule has 1 atom stereocenters. The minimum absolute atomic E-state index is 0.208. The van der Waals surface area contributed by atoms with Crippen LogP contribution in [0.25, 0.3) is 28.1 Å². The summed E-state index contributed by atoms with van der Waals surface area (Å²) in [5, 5.41) is 8.71. The van der Waals surface area contributed by atoms with E-state index >= 15 is 0 Å². The highest BCUT2D eigenvalue weighted by molar-refractivity contribution is 8.08. The zero-order chi connectivity index (χ0) is 20.6. The fourth-order valence-corrected chi connectivity index (χ4v) is 5.89. The maximum Gasteiger partial charge on any atom is 0.179 e. The number of thioether (sulfide) groups is 1. The molecule has 1 aliphatic heterocycles. The van der Waals surface area contributed by atoms with Crippen molar-refractivity contribution >= 4 is 21.6 Å². The highest BCUT2D eigenvalue weighted by Crippen LogP contribution is 2.33. The molecule has 150 valence electrons. The SMILES string of the molecule is O=S(=O)(CC1CS1)c1ccc(-n2cc(-c3ccc(-c4ccncc4)cc3)nn2)cc1. The lowest BCUT2D eigenvalue weighted by molar-refractivity contribution is 0.596. The fraction of sp³-hybridized carbons (Fsp3) is 0.136. The molecule has 0 aliphatic carbocycles. The molecule has 3 heterocycles. The number of benzene rings is 2. The highest BCUT2D eigenvalue weighted by atomic mass is 32.2. The van der Waals surface area contributed by atoms with Crippen LogP contribution in [0.5, 0.6) is 0 Å². The quantitative estimate of drug-likeness (QED) is 0.429. The first-order valence-corrected chi connectivity index (χ1v) is 12.2. The topological polar surface area (TPSA) is 77.7 Å². The second kappa shape index (κ2) is 7.70. The minimum atomic E-state index is -3.23. The normalized spacial score (nSPS) is 15.8. The fourth-order valence-electron chi connectivity index (χ4n) is 3.21. The number of sulfone groups is 1. The summed E-state index contributed by atoms with van der Waals surface area (Å²) in [7, 11) is -3.23. The third kappa shape index (κ3) is 4.01. The Hall–Kier alpha value is -2.97. The van der Waals surface area contributed by atoms with Crippen LogP contribution in [0.1, 0.15) is 0 Å². The maximum absolute atomic E-state index is 12.4. The first-order valence-electron chi connectivity index (χ1n) is 9.46. The lowest BCUT2D eigenvalue weighted by Gasteiger charge is -2.05. The van der Waals surface area contributed by atoms with Gasteiger partial charge in [0.25, 0.3) is 0 Å². The largest absolute Gasteiger partial charge is 0.265 e. The molecule has 5 rings (SSSR count). The van der Waals surface area contributed by atoms with E-state index in [2.05, 4.69) is 15.3 Å². The van der Waals surface area contributed by atoms with Crippen LogP contribution in [-0.4, -0.2) is 45.2 Å². The molecule has 0 bridgehead atoms. The molecule has 0 radical (unpaired) electrons. The standard InChI is InChI=1S/C22H18N4O2S2/c27-30(28,15-20-14-29-20)21-7-5-19(6-8-21)26-13-22(24-25-26)18-3-1-16(2-4-18)17-9-11-23-12-10-17/h1-13,20H,14-15H2. The van der Waals surface area contributed by atoms with Gasteiger partial charge in [-0.25, -0.2) is 13.1 Å². The Bertz CT molecular complexity index is 1260. The van der Waals surface area contributed by atoms with Crippen molar-refractivity contribution in [3.63, 3.8) is 0 Å². The van der Waals surface area contributed by atoms with E-state index in [0.717, 1.165) is 33.8 Å².